The fraction of sp³-hybridized carbons (Fsp3) is 0.909. The van der Waals surface area contributed by atoms with Gasteiger partial charge in [0.25, 0.3) is 0 Å². The van der Waals surface area contributed by atoms with Crippen molar-refractivity contribution < 1.29 is 22.7 Å². The standard InChI is InChI=1S/C11H19F3N2O2/c1-10(2,3)18-9(17)16-8-6-15-5-4-7(8)11(12,13)14/h7-8,15H,4-6H2,1-3H3,(H,16,17)/t7-,8-/m1/s1. The Labute approximate surface area is 104 Å². The molecule has 1 aliphatic rings. The first kappa shape index (κ1) is 15.1. The van der Waals surface area contributed by atoms with E-state index in [-0.39, 0.29) is 13.0 Å². The molecule has 0 aromatic carbocycles. The van der Waals surface area contributed by atoms with Crippen LogP contribution < -0.4 is 10.6 Å². The fourth-order valence-electron chi connectivity index (χ4n) is 1.86. The third-order valence-electron chi connectivity index (χ3n) is 2.60. The molecule has 1 saturated heterocycles. The number of piperidine rings is 1. The van der Waals surface area contributed by atoms with Gasteiger partial charge in [-0.25, -0.2) is 4.79 Å². The molecule has 0 radical (unpaired) electrons. The van der Waals surface area contributed by atoms with E-state index in [2.05, 4.69) is 10.6 Å². The van der Waals surface area contributed by atoms with Gasteiger partial charge in [-0.3, -0.25) is 0 Å². The summed E-state index contributed by atoms with van der Waals surface area (Å²) in [4.78, 5) is 11.5. The topological polar surface area (TPSA) is 50.4 Å². The van der Waals surface area contributed by atoms with Crippen molar-refractivity contribution in [2.75, 3.05) is 13.1 Å². The number of carbonyl (C=O) groups excluding carboxylic acids is 1. The lowest BCUT2D eigenvalue weighted by Gasteiger charge is -2.34. The average Bonchev–Trinajstić information content (AvgIpc) is 2.13. The third kappa shape index (κ3) is 4.72. The smallest absolute Gasteiger partial charge is 0.407 e. The molecule has 1 heterocycles. The van der Waals surface area contributed by atoms with Crippen LogP contribution >= 0.6 is 0 Å². The molecule has 1 aliphatic heterocycles. The summed E-state index contributed by atoms with van der Waals surface area (Å²) in [7, 11) is 0. The summed E-state index contributed by atoms with van der Waals surface area (Å²) < 4.78 is 43.2. The van der Waals surface area contributed by atoms with Crippen LogP contribution in [0.5, 0.6) is 0 Å². The maximum atomic E-state index is 12.8. The summed E-state index contributed by atoms with van der Waals surface area (Å²) >= 11 is 0. The Morgan fingerprint density at radius 3 is 2.44 bits per heavy atom. The lowest BCUT2D eigenvalue weighted by atomic mass is 9.92. The fourth-order valence-corrected chi connectivity index (χ4v) is 1.86. The Morgan fingerprint density at radius 2 is 1.94 bits per heavy atom. The van der Waals surface area contributed by atoms with E-state index in [4.69, 9.17) is 4.74 Å². The Morgan fingerprint density at radius 1 is 1.33 bits per heavy atom. The van der Waals surface area contributed by atoms with Crippen LogP contribution in [0.15, 0.2) is 0 Å². The molecule has 1 amide bonds. The minimum atomic E-state index is -4.30. The maximum Gasteiger partial charge on any atom is 0.407 e. The number of amides is 1. The van der Waals surface area contributed by atoms with Gasteiger partial charge in [-0.15, -0.1) is 0 Å². The number of alkyl halides is 3. The molecule has 0 unspecified atom stereocenters. The number of rotatable bonds is 1. The Hall–Kier alpha value is -0.980. The highest BCUT2D eigenvalue weighted by atomic mass is 19.4. The molecule has 1 rings (SSSR count). The molecule has 2 atom stereocenters. The second-order valence-corrected chi connectivity index (χ2v) is 5.39. The van der Waals surface area contributed by atoms with Gasteiger partial charge in [0.05, 0.1) is 12.0 Å². The zero-order valence-electron chi connectivity index (χ0n) is 10.7. The SMILES string of the molecule is CC(C)(C)OC(=O)N[C@@H]1CNCC[C@H]1C(F)(F)F. The van der Waals surface area contributed by atoms with Gasteiger partial charge in [0.2, 0.25) is 0 Å². The molecule has 0 aliphatic carbocycles. The molecule has 0 aromatic rings. The van der Waals surface area contributed by atoms with E-state index in [1.54, 1.807) is 20.8 Å². The van der Waals surface area contributed by atoms with Gasteiger partial charge in [0, 0.05) is 6.54 Å². The number of halogens is 3. The van der Waals surface area contributed by atoms with Crippen molar-refractivity contribution in [1.82, 2.24) is 10.6 Å². The number of carbonyl (C=O) groups is 1. The zero-order valence-corrected chi connectivity index (χ0v) is 10.7. The van der Waals surface area contributed by atoms with Crippen LogP contribution in [-0.2, 0) is 4.74 Å². The third-order valence-corrected chi connectivity index (χ3v) is 2.60. The van der Waals surface area contributed by atoms with Crippen LogP contribution in [0.2, 0.25) is 0 Å². The molecule has 2 N–H and O–H groups in total. The van der Waals surface area contributed by atoms with Crippen molar-refractivity contribution in [2.24, 2.45) is 5.92 Å². The molecule has 7 heteroatoms. The predicted octanol–water partition coefficient (Wildman–Crippen LogP) is 2.05. The summed E-state index contributed by atoms with van der Waals surface area (Å²) in [6.45, 7) is 5.38. The molecule has 0 saturated carbocycles. The van der Waals surface area contributed by atoms with Gasteiger partial charge < -0.3 is 15.4 Å². The Balaban J connectivity index is 2.60. The second kappa shape index (κ2) is 5.34. The maximum absolute atomic E-state index is 12.8. The highest BCUT2D eigenvalue weighted by Crippen LogP contribution is 2.32. The first-order chi connectivity index (χ1) is 8.09. The van der Waals surface area contributed by atoms with Crippen molar-refractivity contribution in [3.63, 3.8) is 0 Å². The van der Waals surface area contributed by atoms with Gasteiger partial charge in [-0.05, 0) is 33.7 Å². The van der Waals surface area contributed by atoms with Crippen molar-refractivity contribution in [3.8, 4) is 0 Å². The van der Waals surface area contributed by atoms with E-state index in [9.17, 15) is 18.0 Å². The minimum Gasteiger partial charge on any atom is -0.444 e. The Bertz CT molecular complexity index is 300. The summed E-state index contributed by atoms with van der Waals surface area (Å²) in [5.74, 6) is -1.52. The van der Waals surface area contributed by atoms with Gasteiger partial charge in [-0.2, -0.15) is 13.2 Å². The monoisotopic (exact) mass is 268 g/mol. The summed E-state index contributed by atoms with van der Waals surface area (Å²) in [6.07, 6.45) is -5.16. The molecule has 0 bridgehead atoms. The largest absolute Gasteiger partial charge is 0.444 e. The predicted molar refractivity (Wildman–Crippen MR) is 60.2 cm³/mol. The number of ether oxygens (including phenoxy) is 1. The number of alkyl carbamates (subject to hydrolysis) is 1. The zero-order chi connectivity index (χ0) is 14.0. The molecule has 4 nitrogen and oxygen atoms in total. The molecular weight excluding hydrogens is 249 g/mol. The van der Waals surface area contributed by atoms with Gasteiger partial charge >= 0.3 is 12.3 Å². The van der Waals surface area contributed by atoms with Crippen LogP contribution in [-0.4, -0.2) is 37.0 Å². The Kier molecular flexibility index (Phi) is 4.47. The van der Waals surface area contributed by atoms with Crippen LogP contribution in [0.25, 0.3) is 0 Å². The summed E-state index contributed by atoms with van der Waals surface area (Å²) in [5, 5.41) is 5.12. The van der Waals surface area contributed by atoms with E-state index < -0.39 is 29.8 Å². The van der Waals surface area contributed by atoms with Crippen LogP contribution in [0.1, 0.15) is 27.2 Å². The van der Waals surface area contributed by atoms with Crippen molar-refractivity contribution in [2.45, 2.75) is 45.0 Å². The first-order valence-corrected chi connectivity index (χ1v) is 5.86. The minimum absolute atomic E-state index is 0.0377. The average molecular weight is 268 g/mol. The van der Waals surface area contributed by atoms with Crippen molar-refractivity contribution in [1.29, 1.82) is 0 Å². The van der Waals surface area contributed by atoms with Crippen molar-refractivity contribution in [3.05, 3.63) is 0 Å². The molecule has 1 fully saturated rings. The van der Waals surface area contributed by atoms with Crippen LogP contribution in [0.3, 0.4) is 0 Å². The number of hydrogen-bond donors (Lipinski definition) is 2. The van der Waals surface area contributed by atoms with Crippen LogP contribution in [0.4, 0.5) is 18.0 Å². The lowest BCUT2D eigenvalue weighted by Crippen LogP contribution is -2.55. The lowest BCUT2D eigenvalue weighted by molar-refractivity contribution is -0.186. The molecule has 0 aromatic heterocycles. The number of nitrogens with one attached hydrogen (secondary N) is 2. The van der Waals surface area contributed by atoms with Gasteiger partial charge in [-0.1, -0.05) is 0 Å². The molecule has 106 valence electrons. The summed E-state index contributed by atoms with van der Waals surface area (Å²) in [6, 6.07) is -0.978. The van der Waals surface area contributed by atoms with Crippen molar-refractivity contribution >= 4 is 6.09 Å². The molecule has 18 heavy (non-hydrogen) atoms. The van der Waals surface area contributed by atoms with Gasteiger partial charge in [0.1, 0.15) is 5.60 Å². The van der Waals surface area contributed by atoms with Gasteiger partial charge in [0.15, 0.2) is 0 Å². The van der Waals surface area contributed by atoms with E-state index in [1.165, 1.54) is 0 Å². The summed E-state index contributed by atoms with van der Waals surface area (Å²) in [5.41, 5.74) is -0.722. The number of hydrogen-bond acceptors (Lipinski definition) is 3. The normalized spacial score (nSPS) is 25.7. The quantitative estimate of drug-likeness (QED) is 0.765. The van der Waals surface area contributed by atoms with E-state index in [1.807, 2.05) is 0 Å². The van der Waals surface area contributed by atoms with E-state index in [0.717, 1.165) is 0 Å². The second-order valence-electron chi connectivity index (χ2n) is 5.39. The highest BCUT2D eigenvalue weighted by Gasteiger charge is 2.46. The molecular formula is C11H19F3N2O2. The molecule has 0 spiro atoms. The van der Waals surface area contributed by atoms with Crippen LogP contribution in [0, 0.1) is 5.92 Å². The highest BCUT2D eigenvalue weighted by molar-refractivity contribution is 5.68. The van der Waals surface area contributed by atoms with E-state index >= 15 is 0 Å². The first-order valence-electron chi connectivity index (χ1n) is 5.86. The van der Waals surface area contributed by atoms with E-state index in [0.29, 0.717) is 6.54 Å².